The molecule has 2 rings (SSSR count). The molecule has 2 N–H and O–H groups in total. The number of hydrogen-bond acceptors (Lipinski definition) is 3. The zero-order valence-electron chi connectivity index (χ0n) is 12.7. The second-order valence-corrected chi connectivity index (χ2v) is 5.82. The molecule has 114 valence electrons. The minimum atomic E-state index is 0.0583. The van der Waals surface area contributed by atoms with E-state index in [-0.39, 0.29) is 6.61 Å². The van der Waals surface area contributed by atoms with Crippen molar-refractivity contribution in [2.75, 3.05) is 0 Å². The van der Waals surface area contributed by atoms with Crippen molar-refractivity contribution in [2.24, 2.45) is 7.05 Å². The monoisotopic (exact) mass is 307 g/mol. The minimum Gasteiger partial charge on any atom is -0.392 e. The number of nitrogens with one attached hydrogen (secondary N) is 1. The molecular formula is C16H22ClN3O. The molecule has 1 aromatic carbocycles. The van der Waals surface area contributed by atoms with Crippen LogP contribution >= 0.6 is 11.6 Å². The molecule has 4 nitrogen and oxygen atoms in total. The Bertz CT molecular complexity index is 608. The molecule has 0 unspecified atom stereocenters. The quantitative estimate of drug-likeness (QED) is 0.862. The fraction of sp³-hybridized carbons (Fsp3) is 0.438. The van der Waals surface area contributed by atoms with Crippen molar-refractivity contribution in [1.82, 2.24) is 15.1 Å². The molecule has 0 radical (unpaired) electrons. The maximum absolute atomic E-state index is 9.34. The minimum absolute atomic E-state index is 0.0583. The first-order chi connectivity index (χ1) is 10.0. The van der Waals surface area contributed by atoms with Crippen molar-refractivity contribution in [3.8, 4) is 0 Å². The lowest BCUT2D eigenvalue weighted by Gasteiger charge is -2.10. The lowest BCUT2D eigenvalue weighted by atomic mass is 10.1. The van der Waals surface area contributed by atoms with Crippen molar-refractivity contribution in [1.29, 1.82) is 0 Å². The lowest BCUT2D eigenvalue weighted by Crippen LogP contribution is -2.15. The van der Waals surface area contributed by atoms with Crippen molar-refractivity contribution >= 4 is 11.6 Å². The number of aliphatic hydroxyl groups is 1. The normalized spacial score (nSPS) is 11.3. The smallest absolute Gasteiger partial charge is 0.131 e. The van der Waals surface area contributed by atoms with E-state index in [9.17, 15) is 5.11 Å². The van der Waals surface area contributed by atoms with Crippen LogP contribution in [0.1, 0.15) is 42.1 Å². The summed E-state index contributed by atoms with van der Waals surface area (Å²) in [7, 11) is 1.86. The zero-order chi connectivity index (χ0) is 15.4. The third kappa shape index (κ3) is 3.64. The van der Waals surface area contributed by atoms with Gasteiger partial charge < -0.3 is 10.4 Å². The molecule has 0 spiro atoms. The highest BCUT2D eigenvalue weighted by Gasteiger charge is 2.16. The number of halogens is 1. The van der Waals surface area contributed by atoms with Gasteiger partial charge in [0.2, 0.25) is 0 Å². The molecule has 0 saturated carbocycles. The first-order valence-corrected chi connectivity index (χ1v) is 7.52. The molecule has 1 aromatic heterocycles. The topological polar surface area (TPSA) is 50.1 Å². The van der Waals surface area contributed by atoms with E-state index in [0.717, 1.165) is 22.4 Å². The Hall–Kier alpha value is -1.36. The average molecular weight is 308 g/mol. The Morgan fingerprint density at radius 1 is 1.24 bits per heavy atom. The first kappa shape index (κ1) is 16.0. The Labute approximate surface area is 130 Å². The molecule has 0 fully saturated rings. The Balaban J connectivity index is 2.07. The number of aliphatic hydroxyl groups excluding tert-OH is 1. The van der Waals surface area contributed by atoms with Gasteiger partial charge in [0.05, 0.1) is 12.3 Å². The fourth-order valence-corrected chi connectivity index (χ4v) is 2.60. The van der Waals surface area contributed by atoms with Crippen LogP contribution in [0.3, 0.4) is 0 Å². The van der Waals surface area contributed by atoms with Crippen LogP contribution in [0.15, 0.2) is 24.3 Å². The largest absolute Gasteiger partial charge is 0.392 e. The number of rotatable bonds is 6. The molecule has 0 atom stereocenters. The number of aryl methyl sites for hydroxylation is 1. The summed E-state index contributed by atoms with van der Waals surface area (Å²) in [5.74, 6) is 0.338. The molecule has 0 aliphatic heterocycles. The zero-order valence-corrected chi connectivity index (χ0v) is 13.5. The maximum Gasteiger partial charge on any atom is 0.131 e. The van der Waals surface area contributed by atoms with E-state index in [1.807, 2.05) is 31.3 Å². The summed E-state index contributed by atoms with van der Waals surface area (Å²) in [6, 6.07) is 7.87. The van der Waals surface area contributed by atoms with E-state index in [1.54, 1.807) is 4.68 Å². The van der Waals surface area contributed by atoms with Crippen LogP contribution in [-0.2, 0) is 26.7 Å². The first-order valence-electron chi connectivity index (χ1n) is 7.14. The lowest BCUT2D eigenvalue weighted by molar-refractivity contribution is 0.280. The van der Waals surface area contributed by atoms with Crippen LogP contribution in [0.4, 0.5) is 0 Å². The SMILES string of the molecule is CC(C)c1nn(C)c(Cl)c1CNCc1ccccc1CO. The molecule has 0 bridgehead atoms. The van der Waals surface area contributed by atoms with Crippen LogP contribution in [0, 0.1) is 0 Å². The summed E-state index contributed by atoms with van der Waals surface area (Å²) in [5, 5.41) is 17.9. The second kappa shape index (κ2) is 7.07. The number of benzene rings is 1. The highest BCUT2D eigenvalue weighted by atomic mass is 35.5. The Morgan fingerprint density at radius 2 is 1.90 bits per heavy atom. The van der Waals surface area contributed by atoms with Crippen LogP contribution in [0.5, 0.6) is 0 Å². The highest BCUT2D eigenvalue weighted by molar-refractivity contribution is 6.30. The standard InChI is InChI=1S/C16H22ClN3O/c1-11(2)15-14(16(17)20(3)19-15)9-18-8-12-6-4-5-7-13(12)10-21/h4-7,11,18,21H,8-10H2,1-3H3. The van der Waals surface area contributed by atoms with Gasteiger partial charge in [-0.2, -0.15) is 5.10 Å². The summed E-state index contributed by atoms with van der Waals surface area (Å²) < 4.78 is 1.72. The van der Waals surface area contributed by atoms with E-state index < -0.39 is 0 Å². The van der Waals surface area contributed by atoms with Gasteiger partial charge in [0.1, 0.15) is 5.15 Å². The van der Waals surface area contributed by atoms with Crippen molar-refractivity contribution in [3.63, 3.8) is 0 Å². The molecular weight excluding hydrogens is 286 g/mol. The van der Waals surface area contributed by atoms with Gasteiger partial charge in [-0.25, -0.2) is 0 Å². The van der Waals surface area contributed by atoms with Crippen molar-refractivity contribution in [3.05, 3.63) is 51.8 Å². The molecule has 0 aliphatic rings. The average Bonchev–Trinajstić information content (AvgIpc) is 2.76. The molecule has 2 aromatic rings. The summed E-state index contributed by atoms with van der Waals surface area (Å²) >= 11 is 6.32. The highest BCUT2D eigenvalue weighted by Crippen LogP contribution is 2.25. The van der Waals surface area contributed by atoms with Crippen LogP contribution < -0.4 is 5.32 Å². The molecule has 0 amide bonds. The van der Waals surface area contributed by atoms with Crippen LogP contribution in [0.25, 0.3) is 0 Å². The van der Waals surface area contributed by atoms with Gasteiger partial charge in [0.25, 0.3) is 0 Å². The molecule has 0 saturated heterocycles. The molecule has 1 heterocycles. The number of nitrogens with zero attached hydrogens (tertiary/aromatic N) is 2. The van der Waals surface area contributed by atoms with Crippen molar-refractivity contribution < 1.29 is 5.11 Å². The Kier molecular flexibility index (Phi) is 5.39. The van der Waals surface area contributed by atoms with Gasteiger partial charge in [-0.15, -0.1) is 0 Å². The van der Waals surface area contributed by atoms with E-state index in [2.05, 4.69) is 24.3 Å². The Morgan fingerprint density at radius 3 is 2.52 bits per heavy atom. The molecule has 5 heteroatoms. The summed E-state index contributed by atoms with van der Waals surface area (Å²) in [4.78, 5) is 0. The molecule has 0 aliphatic carbocycles. The van der Waals surface area contributed by atoms with E-state index in [1.165, 1.54) is 0 Å². The van der Waals surface area contributed by atoms with Gasteiger partial charge in [0, 0.05) is 25.7 Å². The van der Waals surface area contributed by atoms with Gasteiger partial charge in [-0.05, 0) is 17.0 Å². The predicted molar refractivity (Wildman–Crippen MR) is 85.2 cm³/mol. The van der Waals surface area contributed by atoms with E-state index in [0.29, 0.717) is 24.2 Å². The van der Waals surface area contributed by atoms with Crippen molar-refractivity contribution in [2.45, 2.75) is 39.5 Å². The predicted octanol–water partition coefficient (Wildman–Crippen LogP) is 2.98. The number of hydrogen-bond donors (Lipinski definition) is 2. The number of aromatic nitrogens is 2. The third-order valence-electron chi connectivity index (χ3n) is 3.55. The van der Waals surface area contributed by atoms with Crippen LogP contribution in [0.2, 0.25) is 5.15 Å². The maximum atomic E-state index is 9.34. The molecule has 21 heavy (non-hydrogen) atoms. The van der Waals surface area contributed by atoms with Gasteiger partial charge in [-0.1, -0.05) is 49.7 Å². The second-order valence-electron chi connectivity index (χ2n) is 5.46. The summed E-state index contributed by atoms with van der Waals surface area (Å²) in [6.07, 6.45) is 0. The van der Waals surface area contributed by atoms with Gasteiger partial charge >= 0.3 is 0 Å². The van der Waals surface area contributed by atoms with Gasteiger partial charge in [0.15, 0.2) is 0 Å². The summed E-state index contributed by atoms with van der Waals surface area (Å²) in [5.41, 5.74) is 4.14. The van der Waals surface area contributed by atoms with E-state index >= 15 is 0 Å². The van der Waals surface area contributed by atoms with Gasteiger partial charge in [-0.3, -0.25) is 4.68 Å². The fourth-order valence-electron chi connectivity index (χ4n) is 2.40. The van der Waals surface area contributed by atoms with Crippen LogP contribution in [-0.4, -0.2) is 14.9 Å². The third-order valence-corrected chi connectivity index (χ3v) is 4.03. The van der Waals surface area contributed by atoms with E-state index in [4.69, 9.17) is 11.6 Å². The summed E-state index contributed by atoms with van der Waals surface area (Å²) in [6.45, 7) is 5.65.